The molecule has 0 saturated carbocycles. The lowest BCUT2D eigenvalue weighted by molar-refractivity contribution is -0.121. The summed E-state index contributed by atoms with van der Waals surface area (Å²) in [5, 5.41) is 5.43. The summed E-state index contributed by atoms with van der Waals surface area (Å²) in [6, 6.07) is 14.4. The van der Waals surface area contributed by atoms with Crippen LogP contribution in [0.1, 0.15) is 12.5 Å². The van der Waals surface area contributed by atoms with Crippen molar-refractivity contribution in [1.82, 2.24) is 5.32 Å². The Bertz CT molecular complexity index is 542. The van der Waals surface area contributed by atoms with Crippen LogP contribution in [-0.4, -0.2) is 19.4 Å². The van der Waals surface area contributed by atoms with Crippen molar-refractivity contribution in [3.05, 3.63) is 48.0 Å². The molecule has 0 saturated heterocycles. The summed E-state index contributed by atoms with van der Waals surface area (Å²) >= 11 is 0. The zero-order chi connectivity index (χ0) is 13.0. The van der Waals surface area contributed by atoms with Crippen LogP contribution in [0.2, 0.25) is 0 Å². The first kappa shape index (κ1) is 12.8. The van der Waals surface area contributed by atoms with Crippen molar-refractivity contribution in [2.75, 3.05) is 13.6 Å². The highest BCUT2D eigenvalue weighted by Crippen LogP contribution is 2.19. The third-order valence-electron chi connectivity index (χ3n) is 3.30. The number of hydrogen-bond donors (Lipinski definition) is 1. The highest BCUT2D eigenvalue weighted by atomic mass is 16.1. The van der Waals surface area contributed by atoms with Gasteiger partial charge in [0, 0.05) is 18.9 Å². The molecule has 2 aromatic rings. The summed E-state index contributed by atoms with van der Waals surface area (Å²) in [4.78, 5) is 12.1. The molecule has 0 heterocycles. The van der Waals surface area contributed by atoms with Gasteiger partial charge in [-0.15, -0.1) is 0 Å². The molecule has 0 aliphatic carbocycles. The third kappa shape index (κ3) is 2.77. The maximum absolute atomic E-state index is 12.1. The zero-order valence-corrected chi connectivity index (χ0v) is 10.9. The van der Waals surface area contributed by atoms with Gasteiger partial charge in [0.05, 0.1) is 0 Å². The lowest BCUT2D eigenvalue weighted by Gasteiger charge is -2.11. The van der Waals surface area contributed by atoms with E-state index >= 15 is 0 Å². The van der Waals surface area contributed by atoms with E-state index in [4.69, 9.17) is 0 Å². The molecule has 2 nitrogen and oxygen atoms in total. The maximum atomic E-state index is 12.1. The molecule has 0 aliphatic heterocycles. The number of Topliss-reactive ketones (excluding diaryl/α,β-unsaturated/α-hetero) is 1. The molecule has 2 aromatic carbocycles. The zero-order valence-electron chi connectivity index (χ0n) is 10.9. The topological polar surface area (TPSA) is 29.1 Å². The Kier molecular flexibility index (Phi) is 4.11. The maximum Gasteiger partial charge on any atom is 0.141 e. The fraction of sp³-hybridized carbons (Fsp3) is 0.312. The van der Waals surface area contributed by atoms with Crippen LogP contribution in [0, 0.1) is 5.92 Å². The second-order valence-corrected chi connectivity index (χ2v) is 4.74. The summed E-state index contributed by atoms with van der Waals surface area (Å²) in [5.74, 6) is 0.356. The van der Waals surface area contributed by atoms with E-state index < -0.39 is 0 Å². The standard InChI is InChI=1S/C16H19NO/c1-12(11-17-2)16(18)10-14-8-5-7-13-6-3-4-9-15(13)14/h3-9,12,17H,10-11H2,1-2H3. The van der Waals surface area contributed by atoms with Crippen molar-refractivity contribution in [2.45, 2.75) is 13.3 Å². The van der Waals surface area contributed by atoms with E-state index in [1.165, 1.54) is 10.8 Å². The molecule has 1 N–H and O–H groups in total. The Morgan fingerprint density at radius 3 is 2.67 bits per heavy atom. The Morgan fingerprint density at radius 2 is 1.89 bits per heavy atom. The van der Waals surface area contributed by atoms with Crippen LogP contribution in [0.15, 0.2) is 42.5 Å². The molecule has 1 unspecified atom stereocenters. The first-order valence-electron chi connectivity index (χ1n) is 6.36. The Balaban J connectivity index is 2.24. The third-order valence-corrected chi connectivity index (χ3v) is 3.30. The van der Waals surface area contributed by atoms with Crippen molar-refractivity contribution < 1.29 is 4.79 Å². The van der Waals surface area contributed by atoms with Crippen LogP contribution in [0.3, 0.4) is 0 Å². The predicted octanol–water partition coefficient (Wildman–Crippen LogP) is 2.81. The van der Waals surface area contributed by atoms with Crippen LogP contribution < -0.4 is 5.32 Å². The highest BCUT2D eigenvalue weighted by Gasteiger charge is 2.13. The molecule has 2 heteroatoms. The number of ketones is 1. The van der Waals surface area contributed by atoms with Gasteiger partial charge in [-0.3, -0.25) is 4.79 Å². The first-order valence-corrected chi connectivity index (χ1v) is 6.36. The molecule has 18 heavy (non-hydrogen) atoms. The summed E-state index contributed by atoms with van der Waals surface area (Å²) in [5.41, 5.74) is 1.13. The predicted molar refractivity (Wildman–Crippen MR) is 75.7 cm³/mol. The monoisotopic (exact) mass is 241 g/mol. The van der Waals surface area contributed by atoms with E-state index in [1.807, 2.05) is 38.2 Å². The molecular formula is C16H19NO. The number of fused-ring (bicyclic) bond motifs is 1. The van der Waals surface area contributed by atoms with Crippen LogP contribution >= 0.6 is 0 Å². The molecule has 0 radical (unpaired) electrons. The number of rotatable bonds is 5. The molecule has 0 fully saturated rings. The summed E-state index contributed by atoms with van der Waals surface area (Å²) in [6.07, 6.45) is 0.518. The van der Waals surface area contributed by atoms with Gasteiger partial charge in [-0.1, -0.05) is 49.4 Å². The van der Waals surface area contributed by atoms with Crippen molar-refractivity contribution in [3.8, 4) is 0 Å². The Hall–Kier alpha value is -1.67. The van der Waals surface area contributed by atoms with Gasteiger partial charge in [-0.05, 0) is 23.4 Å². The van der Waals surface area contributed by atoms with Gasteiger partial charge in [0.15, 0.2) is 0 Å². The van der Waals surface area contributed by atoms with Crippen molar-refractivity contribution in [2.24, 2.45) is 5.92 Å². The van der Waals surface area contributed by atoms with E-state index in [2.05, 4.69) is 23.5 Å². The molecule has 0 amide bonds. The van der Waals surface area contributed by atoms with E-state index in [0.717, 1.165) is 12.1 Å². The van der Waals surface area contributed by atoms with Crippen LogP contribution in [0.4, 0.5) is 0 Å². The van der Waals surface area contributed by atoms with Gasteiger partial charge in [-0.25, -0.2) is 0 Å². The SMILES string of the molecule is CNCC(C)C(=O)Cc1cccc2ccccc12. The van der Waals surface area contributed by atoms with Gasteiger partial charge in [0.25, 0.3) is 0 Å². The average Bonchev–Trinajstić information content (AvgIpc) is 2.39. The second-order valence-electron chi connectivity index (χ2n) is 4.74. The molecular weight excluding hydrogens is 222 g/mol. The van der Waals surface area contributed by atoms with E-state index in [1.54, 1.807) is 0 Å². The quantitative estimate of drug-likeness (QED) is 0.872. The van der Waals surface area contributed by atoms with Gasteiger partial charge < -0.3 is 5.32 Å². The molecule has 1 atom stereocenters. The number of carbonyl (C=O) groups is 1. The number of carbonyl (C=O) groups excluding carboxylic acids is 1. The number of hydrogen-bond acceptors (Lipinski definition) is 2. The van der Waals surface area contributed by atoms with E-state index in [9.17, 15) is 4.79 Å². The second kappa shape index (κ2) is 5.78. The molecule has 94 valence electrons. The minimum Gasteiger partial charge on any atom is -0.319 e. The summed E-state index contributed by atoms with van der Waals surface area (Å²) in [7, 11) is 1.88. The Morgan fingerprint density at radius 1 is 1.17 bits per heavy atom. The minimum absolute atomic E-state index is 0.0639. The van der Waals surface area contributed by atoms with Gasteiger partial charge in [0.1, 0.15) is 5.78 Å². The number of benzene rings is 2. The largest absolute Gasteiger partial charge is 0.319 e. The average molecular weight is 241 g/mol. The fourth-order valence-electron chi connectivity index (χ4n) is 2.23. The van der Waals surface area contributed by atoms with Crippen LogP contribution in [0.25, 0.3) is 10.8 Å². The van der Waals surface area contributed by atoms with Crippen molar-refractivity contribution in [3.63, 3.8) is 0 Å². The van der Waals surface area contributed by atoms with E-state index in [-0.39, 0.29) is 5.92 Å². The lowest BCUT2D eigenvalue weighted by Crippen LogP contribution is -2.24. The Labute approximate surface area is 108 Å². The molecule has 0 bridgehead atoms. The lowest BCUT2D eigenvalue weighted by atomic mass is 9.95. The highest BCUT2D eigenvalue weighted by molar-refractivity contribution is 5.91. The first-order chi connectivity index (χ1) is 8.72. The van der Waals surface area contributed by atoms with Crippen LogP contribution in [0.5, 0.6) is 0 Å². The normalized spacial score (nSPS) is 12.6. The minimum atomic E-state index is 0.0639. The summed E-state index contributed by atoms with van der Waals surface area (Å²) in [6.45, 7) is 2.72. The molecule has 2 rings (SSSR count). The van der Waals surface area contributed by atoms with Gasteiger partial charge in [0.2, 0.25) is 0 Å². The number of nitrogens with one attached hydrogen (secondary N) is 1. The molecule has 0 aliphatic rings. The molecule has 0 spiro atoms. The molecule has 0 aromatic heterocycles. The van der Waals surface area contributed by atoms with Crippen molar-refractivity contribution >= 4 is 16.6 Å². The van der Waals surface area contributed by atoms with Crippen LogP contribution in [-0.2, 0) is 11.2 Å². The summed E-state index contributed by atoms with van der Waals surface area (Å²) < 4.78 is 0. The van der Waals surface area contributed by atoms with E-state index in [0.29, 0.717) is 12.2 Å². The van der Waals surface area contributed by atoms with Crippen molar-refractivity contribution in [1.29, 1.82) is 0 Å². The fourth-order valence-corrected chi connectivity index (χ4v) is 2.23. The van der Waals surface area contributed by atoms with Gasteiger partial charge in [-0.2, -0.15) is 0 Å². The smallest absolute Gasteiger partial charge is 0.141 e. The van der Waals surface area contributed by atoms with Gasteiger partial charge >= 0.3 is 0 Å².